The Hall–Kier alpha value is -1.02. The van der Waals surface area contributed by atoms with Crippen molar-refractivity contribution in [1.29, 1.82) is 0 Å². The zero-order chi connectivity index (χ0) is 14.2. The maximum absolute atomic E-state index is 5.72. The van der Waals surface area contributed by atoms with Gasteiger partial charge in [0, 0.05) is 5.56 Å². The van der Waals surface area contributed by atoms with E-state index < -0.39 is 0 Å². The van der Waals surface area contributed by atoms with Crippen LogP contribution in [0, 0.1) is 20.8 Å². The lowest BCUT2D eigenvalue weighted by atomic mass is 9.97. The zero-order valence-corrected chi connectivity index (χ0v) is 13.8. The van der Waals surface area contributed by atoms with Gasteiger partial charge in [-0.1, -0.05) is 54.0 Å². The van der Waals surface area contributed by atoms with Crippen LogP contribution in [0.15, 0.2) is 28.7 Å². The molecule has 0 spiro atoms. The summed E-state index contributed by atoms with van der Waals surface area (Å²) in [6.07, 6.45) is 0. The molecule has 0 amide bonds. The van der Waals surface area contributed by atoms with Gasteiger partial charge in [0.1, 0.15) is 11.5 Å². The second-order valence-electron chi connectivity index (χ2n) is 5.44. The molecule has 0 radical (unpaired) electrons. The predicted molar refractivity (Wildman–Crippen MR) is 84.2 cm³/mol. The van der Waals surface area contributed by atoms with E-state index in [9.17, 15) is 0 Å². The molecule has 2 heteroatoms. The van der Waals surface area contributed by atoms with Gasteiger partial charge in [0.25, 0.3) is 0 Å². The number of aryl methyl sites for hydroxylation is 2. The Balaban J connectivity index is 2.36. The van der Waals surface area contributed by atoms with Crippen LogP contribution in [0.5, 0.6) is 0 Å². The Morgan fingerprint density at radius 3 is 1.84 bits per heavy atom. The van der Waals surface area contributed by atoms with Crippen molar-refractivity contribution in [2.45, 2.75) is 45.4 Å². The van der Waals surface area contributed by atoms with E-state index in [4.69, 9.17) is 4.42 Å². The van der Waals surface area contributed by atoms with E-state index in [1.165, 1.54) is 22.3 Å². The van der Waals surface area contributed by atoms with Crippen molar-refractivity contribution in [3.05, 3.63) is 58.0 Å². The summed E-state index contributed by atoms with van der Waals surface area (Å²) in [5.74, 6) is 2.59. The monoisotopic (exact) mass is 320 g/mol. The molecule has 19 heavy (non-hydrogen) atoms. The first kappa shape index (κ1) is 14.4. The molecule has 0 saturated carbocycles. The van der Waals surface area contributed by atoms with Crippen molar-refractivity contribution >= 4 is 15.9 Å². The van der Waals surface area contributed by atoms with Gasteiger partial charge in [-0.05, 0) is 43.4 Å². The van der Waals surface area contributed by atoms with Crippen molar-refractivity contribution in [3.8, 4) is 0 Å². The average Bonchev–Trinajstić information content (AvgIpc) is 2.62. The van der Waals surface area contributed by atoms with Gasteiger partial charge < -0.3 is 4.42 Å². The van der Waals surface area contributed by atoms with Gasteiger partial charge in [0.2, 0.25) is 0 Å². The van der Waals surface area contributed by atoms with Crippen molar-refractivity contribution in [2.24, 2.45) is 0 Å². The summed E-state index contributed by atoms with van der Waals surface area (Å²) < 4.78 is 5.72. The first-order valence-corrected chi connectivity index (χ1v) is 7.63. The molecule has 0 saturated heterocycles. The molecule has 0 N–H and O–H groups in total. The molecule has 0 fully saturated rings. The average molecular weight is 321 g/mol. The maximum atomic E-state index is 5.72. The highest BCUT2D eigenvalue weighted by Gasteiger charge is 2.20. The third kappa shape index (κ3) is 2.79. The molecule has 2 aromatic rings. The molecule has 0 aliphatic carbocycles. The van der Waals surface area contributed by atoms with Crippen molar-refractivity contribution < 1.29 is 4.42 Å². The van der Waals surface area contributed by atoms with E-state index in [0.717, 1.165) is 11.5 Å². The molecule has 0 bridgehead atoms. The van der Waals surface area contributed by atoms with Gasteiger partial charge in [-0.2, -0.15) is 0 Å². The highest BCUT2D eigenvalue weighted by atomic mass is 79.9. The molecular weight excluding hydrogens is 300 g/mol. The molecule has 1 unspecified atom stereocenters. The SMILES string of the molecule is Cc1oc(C)c(C(Br)c2ccc(C(C)C)cc2)c1C. The van der Waals surface area contributed by atoms with E-state index in [2.05, 4.69) is 61.0 Å². The normalized spacial score (nSPS) is 13.0. The molecule has 1 atom stereocenters. The summed E-state index contributed by atoms with van der Waals surface area (Å²) in [5.41, 5.74) is 5.15. The molecule has 0 aliphatic rings. The highest BCUT2D eigenvalue weighted by Crippen LogP contribution is 2.37. The van der Waals surface area contributed by atoms with E-state index in [1.54, 1.807) is 0 Å². The molecular formula is C17H21BrO. The number of hydrogen-bond donors (Lipinski definition) is 0. The smallest absolute Gasteiger partial charge is 0.106 e. The number of halogens is 1. The van der Waals surface area contributed by atoms with Gasteiger partial charge in [0.15, 0.2) is 0 Å². The topological polar surface area (TPSA) is 13.1 Å². The van der Waals surface area contributed by atoms with E-state index in [0.29, 0.717) is 5.92 Å². The minimum Gasteiger partial charge on any atom is -0.466 e. The number of benzene rings is 1. The molecule has 1 aromatic heterocycles. The van der Waals surface area contributed by atoms with Crippen LogP contribution in [-0.2, 0) is 0 Å². The van der Waals surface area contributed by atoms with E-state index in [-0.39, 0.29) is 4.83 Å². The molecule has 2 rings (SSSR count). The summed E-state index contributed by atoms with van der Waals surface area (Å²) in [6, 6.07) is 8.84. The van der Waals surface area contributed by atoms with E-state index >= 15 is 0 Å². The minimum atomic E-state index is 0.200. The first-order chi connectivity index (χ1) is 8.91. The van der Waals surface area contributed by atoms with Crippen molar-refractivity contribution in [3.63, 3.8) is 0 Å². The molecule has 1 aromatic carbocycles. The fraction of sp³-hybridized carbons (Fsp3) is 0.412. The standard InChI is InChI=1S/C17H21BrO/c1-10(2)14-6-8-15(9-7-14)17(18)16-11(3)12(4)19-13(16)5/h6-10,17H,1-5H3. The summed E-state index contributed by atoms with van der Waals surface area (Å²) in [7, 11) is 0. The fourth-order valence-electron chi connectivity index (χ4n) is 2.40. The van der Waals surface area contributed by atoms with Crippen LogP contribution in [-0.4, -0.2) is 0 Å². The Labute approximate surface area is 124 Å². The minimum absolute atomic E-state index is 0.200. The van der Waals surface area contributed by atoms with Crippen LogP contribution in [0.4, 0.5) is 0 Å². The third-order valence-electron chi connectivity index (χ3n) is 3.77. The van der Waals surface area contributed by atoms with Crippen LogP contribution in [0.25, 0.3) is 0 Å². The predicted octanol–water partition coefficient (Wildman–Crippen LogP) is 5.81. The Kier molecular flexibility index (Phi) is 4.19. The number of hydrogen-bond acceptors (Lipinski definition) is 1. The van der Waals surface area contributed by atoms with Gasteiger partial charge in [-0.25, -0.2) is 0 Å². The largest absolute Gasteiger partial charge is 0.466 e. The zero-order valence-electron chi connectivity index (χ0n) is 12.3. The number of alkyl halides is 1. The molecule has 102 valence electrons. The lowest BCUT2D eigenvalue weighted by Crippen LogP contribution is -1.96. The van der Waals surface area contributed by atoms with Crippen LogP contribution < -0.4 is 0 Å². The molecule has 0 aliphatic heterocycles. The lowest BCUT2D eigenvalue weighted by molar-refractivity contribution is 0.500. The summed E-state index contributed by atoms with van der Waals surface area (Å²) in [5, 5.41) is 0. The lowest BCUT2D eigenvalue weighted by Gasteiger charge is -2.13. The Morgan fingerprint density at radius 1 is 0.895 bits per heavy atom. The summed E-state index contributed by atoms with van der Waals surface area (Å²) in [4.78, 5) is 0.200. The van der Waals surface area contributed by atoms with Crippen LogP contribution in [0.3, 0.4) is 0 Å². The first-order valence-electron chi connectivity index (χ1n) is 6.72. The second-order valence-corrected chi connectivity index (χ2v) is 6.35. The summed E-state index contributed by atoms with van der Waals surface area (Å²) in [6.45, 7) is 10.6. The van der Waals surface area contributed by atoms with Crippen LogP contribution >= 0.6 is 15.9 Å². The van der Waals surface area contributed by atoms with Crippen molar-refractivity contribution in [1.82, 2.24) is 0 Å². The van der Waals surface area contributed by atoms with Gasteiger partial charge >= 0.3 is 0 Å². The quantitative estimate of drug-likeness (QED) is 0.650. The molecule has 1 heterocycles. The second kappa shape index (κ2) is 5.54. The number of rotatable bonds is 3. The fourth-order valence-corrected chi connectivity index (χ4v) is 3.37. The van der Waals surface area contributed by atoms with Crippen LogP contribution in [0.2, 0.25) is 0 Å². The Bertz CT molecular complexity index is 564. The van der Waals surface area contributed by atoms with Gasteiger partial charge in [-0.15, -0.1) is 0 Å². The highest BCUT2D eigenvalue weighted by molar-refractivity contribution is 9.09. The van der Waals surface area contributed by atoms with Gasteiger partial charge in [-0.3, -0.25) is 0 Å². The van der Waals surface area contributed by atoms with Gasteiger partial charge in [0.05, 0.1) is 4.83 Å². The third-order valence-corrected chi connectivity index (χ3v) is 4.75. The van der Waals surface area contributed by atoms with E-state index in [1.807, 2.05) is 13.8 Å². The maximum Gasteiger partial charge on any atom is 0.106 e. The Morgan fingerprint density at radius 2 is 1.42 bits per heavy atom. The van der Waals surface area contributed by atoms with Crippen molar-refractivity contribution in [2.75, 3.05) is 0 Å². The molecule has 1 nitrogen and oxygen atoms in total. The number of furan rings is 1. The summed E-state index contributed by atoms with van der Waals surface area (Å²) >= 11 is 3.81. The van der Waals surface area contributed by atoms with Crippen LogP contribution in [0.1, 0.15) is 58.4 Å².